The molecule has 0 fully saturated rings. The molecule has 1 heterocycles. The molecular weight excluding hydrogens is 376 g/mol. The predicted molar refractivity (Wildman–Crippen MR) is 115 cm³/mol. The van der Waals surface area contributed by atoms with Gasteiger partial charge in [0.25, 0.3) is 5.56 Å². The predicted octanol–water partition coefficient (Wildman–Crippen LogP) is 3.80. The highest BCUT2D eigenvalue weighted by atomic mass is 35.5. The maximum Gasteiger partial charge on any atom is 0.261 e. The molecule has 28 heavy (non-hydrogen) atoms. The molecule has 0 saturated carbocycles. The van der Waals surface area contributed by atoms with Gasteiger partial charge in [0.05, 0.1) is 16.9 Å². The van der Waals surface area contributed by atoms with Gasteiger partial charge in [-0.05, 0) is 50.9 Å². The molecule has 0 bridgehead atoms. The van der Waals surface area contributed by atoms with E-state index in [9.17, 15) is 9.59 Å². The first-order chi connectivity index (χ1) is 13.4. The highest BCUT2D eigenvalue weighted by molar-refractivity contribution is 6.31. The summed E-state index contributed by atoms with van der Waals surface area (Å²) in [4.78, 5) is 32.1. The van der Waals surface area contributed by atoms with Crippen LogP contribution in [-0.2, 0) is 11.8 Å². The van der Waals surface area contributed by atoms with Crippen LogP contribution >= 0.6 is 11.6 Å². The summed E-state index contributed by atoms with van der Waals surface area (Å²) in [5.41, 5.74) is 5.98. The monoisotopic (exact) mass is 406 g/mol. The summed E-state index contributed by atoms with van der Waals surface area (Å²) in [6.07, 6.45) is 5.27. The number of aromatic nitrogens is 2. The number of carbonyl (C=O) groups excluding carboxylic acids is 1. The summed E-state index contributed by atoms with van der Waals surface area (Å²) in [5.74, 6) is 0.667. The molecule has 0 aliphatic rings. The Morgan fingerprint density at radius 2 is 2.00 bits per heavy atom. The van der Waals surface area contributed by atoms with Gasteiger partial charge in [0.15, 0.2) is 0 Å². The number of unbranched alkanes of at least 4 members (excludes halogenated alkanes) is 3. The number of nitrogens with zero attached hydrogens (tertiary/aromatic N) is 3. The van der Waals surface area contributed by atoms with Crippen LogP contribution in [0.4, 0.5) is 0 Å². The van der Waals surface area contributed by atoms with E-state index in [0.29, 0.717) is 41.3 Å². The van der Waals surface area contributed by atoms with Crippen molar-refractivity contribution in [2.45, 2.75) is 58.4 Å². The summed E-state index contributed by atoms with van der Waals surface area (Å²) >= 11 is 6.08. The summed E-state index contributed by atoms with van der Waals surface area (Å²) in [6.45, 7) is 5.27. The molecule has 7 heteroatoms. The molecule has 0 aliphatic carbocycles. The number of benzene rings is 1. The fraction of sp³-hybridized carbons (Fsp3) is 0.571. The summed E-state index contributed by atoms with van der Waals surface area (Å²) < 4.78 is 1.54. The molecule has 1 unspecified atom stereocenters. The molecule has 1 aromatic heterocycles. The van der Waals surface area contributed by atoms with Crippen molar-refractivity contribution in [1.29, 1.82) is 0 Å². The van der Waals surface area contributed by atoms with Crippen LogP contribution in [-0.4, -0.2) is 33.4 Å². The van der Waals surface area contributed by atoms with Gasteiger partial charge >= 0.3 is 0 Å². The molecule has 2 N–H and O–H groups in total. The Bertz CT molecular complexity index is 865. The first-order valence-electron chi connectivity index (χ1n) is 10.1. The molecule has 0 radical (unpaired) electrons. The van der Waals surface area contributed by atoms with E-state index in [4.69, 9.17) is 17.3 Å². The number of amides is 1. The average Bonchev–Trinajstić information content (AvgIpc) is 2.67. The topological polar surface area (TPSA) is 81.2 Å². The Hall–Kier alpha value is -1.92. The van der Waals surface area contributed by atoms with E-state index in [0.717, 1.165) is 32.1 Å². The molecule has 1 atom stereocenters. The Labute approximate surface area is 171 Å². The second-order valence-corrected chi connectivity index (χ2v) is 7.65. The SMILES string of the molecule is CCCC(=O)N(CCCCCCN)C(C)c1nc2cc(Cl)ccc2c(=O)n1C. The molecule has 2 rings (SSSR count). The maximum absolute atomic E-state index is 12.8. The Morgan fingerprint density at radius 3 is 2.68 bits per heavy atom. The fourth-order valence-corrected chi connectivity index (χ4v) is 3.61. The van der Waals surface area contributed by atoms with E-state index in [2.05, 4.69) is 4.98 Å². The van der Waals surface area contributed by atoms with Gasteiger partial charge in [-0.15, -0.1) is 0 Å². The van der Waals surface area contributed by atoms with Crippen molar-refractivity contribution in [2.75, 3.05) is 13.1 Å². The number of hydrogen-bond acceptors (Lipinski definition) is 4. The van der Waals surface area contributed by atoms with Gasteiger partial charge in [0.2, 0.25) is 5.91 Å². The van der Waals surface area contributed by atoms with Crippen LogP contribution in [0.5, 0.6) is 0 Å². The lowest BCUT2D eigenvalue weighted by atomic mass is 10.1. The number of halogens is 1. The van der Waals surface area contributed by atoms with Crippen LogP contribution in [0.15, 0.2) is 23.0 Å². The fourth-order valence-electron chi connectivity index (χ4n) is 3.45. The van der Waals surface area contributed by atoms with Gasteiger partial charge in [-0.1, -0.05) is 31.4 Å². The van der Waals surface area contributed by atoms with Crippen molar-refractivity contribution in [3.8, 4) is 0 Å². The molecule has 2 aromatic rings. The molecule has 6 nitrogen and oxygen atoms in total. The van der Waals surface area contributed by atoms with Crippen LogP contribution in [0.25, 0.3) is 10.9 Å². The maximum atomic E-state index is 12.8. The third-order valence-corrected chi connectivity index (χ3v) is 5.29. The quantitative estimate of drug-likeness (QED) is 0.608. The summed E-state index contributed by atoms with van der Waals surface area (Å²) in [6, 6.07) is 4.78. The molecule has 154 valence electrons. The minimum Gasteiger partial charge on any atom is -0.333 e. The van der Waals surface area contributed by atoms with Gasteiger partial charge in [0.1, 0.15) is 5.82 Å². The molecule has 0 spiro atoms. The van der Waals surface area contributed by atoms with Crippen molar-refractivity contribution >= 4 is 28.4 Å². The Kier molecular flexibility index (Phi) is 8.45. The third kappa shape index (κ3) is 5.32. The standard InChI is InChI=1S/C21H31ClN4O2/c1-4-9-19(27)26(13-8-6-5-7-12-23)15(2)20-24-18-14-16(22)10-11-17(18)21(28)25(20)3/h10-11,14-15H,4-9,12-13,23H2,1-3H3. The first-order valence-corrected chi connectivity index (χ1v) is 10.4. The Balaban J connectivity index is 2.33. The first kappa shape index (κ1) is 22.4. The van der Waals surface area contributed by atoms with Crippen LogP contribution < -0.4 is 11.3 Å². The normalized spacial score (nSPS) is 12.3. The van der Waals surface area contributed by atoms with Crippen molar-refractivity contribution in [3.05, 3.63) is 39.4 Å². The van der Waals surface area contributed by atoms with E-state index in [1.54, 1.807) is 29.8 Å². The minimum atomic E-state index is -0.297. The van der Waals surface area contributed by atoms with E-state index in [1.807, 2.05) is 18.7 Å². The zero-order chi connectivity index (χ0) is 20.7. The van der Waals surface area contributed by atoms with Gasteiger partial charge < -0.3 is 10.6 Å². The second-order valence-electron chi connectivity index (χ2n) is 7.21. The number of fused-ring (bicyclic) bond motifs is 1. The largest absolute Gasteiger partial charge is 0.333 e. The lowest BCUT2D eigenvalue weighted by Gasteiger charge is -2.30. The zero-order valence-electron chi connectivity index (χ0n) is 17.1. The van der Waals surface area contributed by atoms with Crippen molar-refractivity contribution in [1.82, 2.24) is 14.5 Å². The number of carbonyl (C=O) groups is 1. The van der Waals surface area contributed by atoms with E-state index >= 15 is 0 Å². The van der Waals surface area contributed by atoms with E-state index in [1.165, 1.54) is 0 Å². The van der Waals surface area contributed by atoms with Crippen LogP contribution in [0.1, 0.15) is 64.2 Å². The zero-order valence-corrected chi connectivity index (χ0v) is 17.8. The molecule has 1 amide bonds. The summed E-state index contributed by atoms with van der Waals surface area (Å²) in [5, 5.41) is 1.06. The highest BCUT2D eigenvalue weighted by Gasteiger charge is 2.24. The molecule has 0 saturated heterocycles. The number of rotatable bonds is 10. The van der Waals surface area contributed by atoms with E-state index < -0.39 is 0 Å². The van der Waals surface area contributed by atoms with Gasteiger partial charge in [0, 0.05) is 25.0 Å². The summed E-state index contributed by atoms with van der Waals surface area (Å²) in [7, 11) is 1.71. The third-order valence-electron chi connectivity index (χ3n) is 5.05. The van der Waals surface area contributed by atoms with Crippen LogP contribution in [0.2, 0.25) is 5.02 Å². The van der Waals surface area contributed by atoms with Crippen molar-refractivity contribution in [3.63, 3.8) is 0 Å². The smallest absolute Gasteiger partial charge is 0.261 e. The van der Waals surface area contributed by atoms with Crippen LogP contribution in [0.3, 0.4) is 0 Å². The lowest BCUT2D eigenvalue weighted by Crippen LogP contribution is -2.37. The van der Waals surface area contributed by atoms with Crippen molar-refractivity contribution < 1.29 is 4.79 Å². The minimum absolute atomic E-state index is 0.0919. The highest BCUT2D eigenvalue weighted by Crippen LogP contribution is 2.23. The molecule has 0 aliphatic heterocycles. The lowest BCUT2D eigenvalue weighted by molar-refractivity contribution is -0.133. The number of nitrogens with two attached hydrogens (primary N) is 1. The Morgan fingerprint density at radius 1 is 1.29 bits per heavy atom. The van der Waals surface area contributed by atoms with Gasteiger partial charge in [-0.25, -0.2) is 4.98 Å². The molecular formula is C21H31ClN4O2. The van der Waals surface area contributed by atoms with Crippen LogP contribution in [0, 0.1) is 0 Å². The van der Waals surface area contributed by atoms with Gasteiger partial charge in [-0.2, -0.15) is 0 Å². The average molecular weight is 407 g/mol. The molecule has 1 aromatic carbocycles. The van der Waals surface area contributed by atoms with Crippen molar-refractivity contribution in [2.24, 2.45) is 12.8 Å². The van der Waals surface area contributed by atoms with E-state index in [-0.39, 0.29) is 17.5 Å². The second kappa shape index (κ2) is 10.6. The van der Waals surface area contributed by atoms with Gasteiger partial charge in [-0.3, -0.25) is 14.2 Å². The number of hydrogen-bond donors (Lipinski definition) is 1.